The van der Waals surface area contributed by atoms with Crippen LogP contribution < -0.4 is 5.73 Å². The van der Waals surface area contributed by atoms with Gasteiger partial charge in [0.1, 0.15) is 12.9 Å². The highest BCUT2D eigenvalue weighted by atomic mass is 16.7. The molecule has 1 saturated heterocycles. The Morgan fingerprint density at radius 2 is 2.13 bits per heavy atom. The Hall–Kier alpha value is -0.200. The van der Waals surface area contributed by atoms with Crippen LogP contribution in [0.25, 0.3) is 0 Å². The van der Waals surface area contributed by atoms with Gasteiger partial charge in [0.05, 0.1) is 6.10 Å². The van der Waals surface area contributed by atoms with Crippen molar-refractivity contribution >= 4 is 0 Å². The third kappa shape index (κ3) is 3.12. The first kappa shape index (κ1) is 12.9. The fourth-order valence-corrected chi connectivity index (χ4v) is 1.98. The van der Waals surface area contributed by atoms with Crippen LogP contribution in [0.15, 0.2) is 0 Å². The minimum absolute atomic E-state index is 0.103. The van der Waals surface area contributed by atoms with Crippen LogP contribution in [-0.4, -0.2) is 45.0 Å². The smallest absolute Gasteiger partial charge is 0.159 e. The van der Waals surface area contributed by atoms with E-state index in [0.717, 1.165) is 0 Å². The van der Waals surface area contributed by atoms with Gasteiger partial charge >= 0.3 is 0 Å². The van der Waals surface area contributed by atoms with Crippen LogP contribution in [0.4, 0.5) is 0 Å². The number of nitrogens with two attached hydrogens (primary N) is 1. The molecule has 1 aliphatic heterocycles. The molecule has 0 aromatic heterocycles. The summed E-state index contributed by atoms with van der Waals surface area (Å²) in [6.07, 6.45) is 0.0810. The SMILES string of the molecule is COCO[C@H]1[C@H](C)O[C@@H](OC)C[C@@]1(C)N. The molecule has 4 atom stereocenters. The molecule has 90 valence electrons. The summed E-state index contributed by atoms with van der Waals surface area (Å²) < 4.78 is 21.2. The predicted molar refractivity (Wildman–Crippen MR) is 55.3 cm³/mol. The van der Waals surface area contributed by atoms with Crippen molar-refractivity contribution in [2.45, 2.75) is 44.3 Å². The summed E-state index contributed by atoms with van der Waals surface area (Å²) in [7, 11) is 3.20. The van der Waals surface area contributed by atoms with Crippen LogP contribution in [0.2, 0.25) is 0 Å². The van der Waals surface area contributed by atoms with Crippen LogP contribution in [0.3, 0.4) is 0 Å². The van der Waals surface area contributed by atoms with Crippen molar-refractivity contribution in [3.05, 3.63) is 0 Å². The molecule has 5 heteroatoms. The number of hydrogen-bond acceptors (Lipinski definition) is 5. The van der Waals surface area contributed by atoms with Crippen molar-refractivity contribution in [1.29, 1.82) is 0 Å². The van der Waals surface area contributed by atoms with E-state index in [0.29, 0.717) is 6.42 Å². The zero-order valence-corrected chi connectivity index (χ0v) is 9.86. The summed E-state index contributed by atoms with van der Waals surface area (Å²) in [6.45, 7) is 4.10. The van der Waals surface area contributed by atoms with Crippen molar-refractivity contribution in [3.63, 3.8) is 0 Å². The second-order valence-corrected chi connectivity index (χ2v) is 4.21. The van der Waals surface area contributed by atoms with Crippen LogP contribution in [0, 0.1) is 0 Å². The van der Waals surface area contributed by atoms with Gasteiger partial charge in [0.25, 0.3) is 0 Å². The molecule has 0 spiro atoms. The Kier molecular flexibility index (Phi) is 4.48. The zero-order chi connectivity index (χ0) is 11.5. The average Bonchev–Trinajstić information content (AvgIpc) is 2.15. The highest BCUT2D eigenvalue weighted by Gasteiger charge is 2.43. The van der Waals surface area contributed by atoms with E-state index in [1.54, 1.807) is 14.2 Å². The molecule has 0 unspecified atom stereocenters. The highest BCUT2D eigenvalue weighted by Crippen LogP contribution is 2.29. The monoisotopic (exact) mass is 219 g/mol. The van der Waals surface area contributed by atoms with Gasteiger partial charge in [-0.25, -0.2) is 0 Å². The topological polar surface area (TPSA) is 62.9 Å². The number of hydrogen-bond donors (Lipinski definition) is 1. The molecule has 2 N–H and O–H groups in total. The molecule has 0 aliphatic carbocycles. The third-order valence-corrected chi connectivity index (χ3v) is 2.68. The van der Waals surface area contributed by atoms with Gasteiger partial charge in [0.2, 0.25) is 0 Å². The minimum Gasteiger partial charge on any atom is -0.359 e. The van der Waals surface area contributed by atoms with E-state index in [9.17, 15) is 0 Å². The lowest BCUT2D eigenvalue weighted by Gasteiger charge is -2.44. The van der Waals surface area contributed by atoms with Crippen molar-refractivity contribution in [1.82, 2.24) is 0 Å². The summed E-state index contributed by atoms with van der Waals surface area (Å²) in [5.74, 6) is 0. The van der Waals surface area contributed by atoms with Crippen molar-refractivity contribution < 1.29 is 18.9 Å². The normalized spacial score (nSPS) is 41.8. The third-order valence-electron chi connectivity index (χ3n) is 2.68. The molecule has 5 nitrogen and oxygen atoms in total. The fourth-order valence-electron chi connectivity index (χ4n) is 1.98. The Labute approximate surface area is 90.8 Å². The summed E-state index contributed by atoms with van der Waals surface area (Å²) >= 11 is 0. The van der Waals surface area contributed by atoms with Gasteiger partial charge in [-0.2, -0.15) is 0 Å². The van der Waals surface area contributed by atoms with Crippen molar-refractivity contribution in [3.8, 4) is 0 Å². The second-order valence-electron chi connectivity index (χ2n) is 4.21. The maximum absolute atomic E-state index is 6.18. The maximum atomic E-state index is 6.18. The first-order valence-corrected chi connectivity index (χ1v) is 5.09. The summed E-state index contributed by atoms with van der Waals surface area (Å²) in [6, 6.07) is 0. The van der Waals surface area contributed by atoms with Gasteiger partial charge in [0, 0.05) is 26.2 Å². The molecule has 0 aromatic carbocycles. The maximum Gasteiger partial charge on any atom is 0.159 e. The van der Waals surface area contributed by atoms with Crippen LogP contribution in [-0.2, 0) is 18.9 Å². The van der Waals surface area contributed by atoms with Crippen molar-refractivity contribution in [2.75, 3.05) is 21.0 Å². The Morgan fingerprint density at radius 3 is 2.60 bits per heavy atom. The van der Waals surface area contributed by atoms with Gasteiger partial charge in [-0.15, -0.1) is 0 Å². The van der Waals surface area contributed by atoms with E-state index in [1.165, 1.54) is 0 Å². The second kappa shape index (κ2) is 5.23. The van der Waals surface area contributed by atoms with Gasteiger partial charge in [0.15, 0.2) is 6.29 Å². The lowest BCUT2D eigenvalue weighted by molar-refractivity contribution is -0.249. The summed E-state index contributed by atoms with van der Waals surface area (Å²) in [5.41, 5.74) is 5.72. The largest absolute Gasteiger partial charge is 0.359 e. The average molecular weight is 219 g/mol. The predicted octanol–water partition coefficient (Wildman–Crippen LogP) is 0.474. The Morgan fingerprint density at radius 1 is 1.47 bits per heavy atom. The molecule has 1 heterocycles. The molecular formula is C10H21NO4. The first-order valence-electron chi connectivity index (χ1n) is 5.09. The Bertz CT molecular complexity index is 198. The lowest BCUT2D eigenvalue weighted by Crippen LogP contribution is -2.61. The fraction of sp³-hybridized carbons (Fsp3) is 1.00. The lowest BCUT2D eigenvalue weighted by atomic mass is 9.86. The number of rotatable bonds is 4. The molecule has 0 saturated carbocycles. The summed E-state index contributed by atoms with van der Waals surface area (Å²) in [4.78, 5) is 0. The van der Waals surface area contributed by atoms with Crippen molar-refractivity contribution in [2.24, 2.45) is 5.73 Å². The van der Waals surface area contributed by atoms with Gasteiger partial charge in [-0.3, -0.25) is 0 Å². The van der Waals surface area contributed by atoms with E-state index in [-0.39, 0.29) is 25.3 Å². The van der Waals surface area contributed by atoms with Crippen LogP contribution >= 0.6 is 0 Å². The van der Waals surface area contributed by atoms with E-state index >= 15 is 0 Å². The number of methoxy groups -OCH3 is 2. The molecular weight excluding hydrogens is 198 g/mol. The molecule has 0 bridgehead atoms. The van der Waals surface area contributed by atoms with E-state index in [4.69, 9.17) is 24.7 Å². The van der Waals surface area contributed by atoms with E-state index in [1.807, 2.05) is 13.8 Å². The van der Waals surface area contributed by atoms with Gasteiger partial charge < -0.3 is 24.7 Å². The molecule has 1 fully saturated rings. The molecule has 0 aromatic rings. The zero-order valence-electron chi connectivity index (χ0n) is 9.86. The quantitative estimate of drug-likeness (QED) is 0.696. The summed E-state index contributed by atoms with van der Waals surface area (Å²) in [5, 5.41) is 0. The minimum atomic E-state index is -0.461. The molecule has 0 radical (unpaired) electrons. The molecule has 15 heavy (non-hydrogen) atoms. The standard InChI is InChI=1S/C10H21NO4/c1-7-9(14-6-12-3)10(2,11)5-8(13-4)15-7/h7-9H,5-6,11H2,1-4H3/t7-,8+,9-,10+/m0/s1. The van der Waals surface area contributed by atoms with Gasteiger partial charge in [-0.1, -0.05) is 0 Å². The van der Waals surface area contributed by atoms with Crippen LogP contribution in [0.1, 0.15) is 20.3 Å². The van der Waals surface area contributed by atoms with E-state index < -0.39 is 5.54 Å². The first-order chi connectivity index (χ1) is 7.01. The number of ether oxygens (including phenoxy) is 4. The highest BCUT2D eigenvalue weighted by molar-refractivity contribution is 4.96. The van der Waals surface area contributed by atoms with Gasteiger partial charge in [-0.05, 0) is 13.8 Å². The molecule has 1 rings (SSSR count). The molecule has 1 aliphatic rings. The van der Waals surface area contributed by atoms with Crippen LogP contribution in [0.5, 0.6) is 0 Å². The molecule has 0 amide bonds. The Balaban J connectivity index is 2.61. The van der Waals surface area contributed by atoms with E-state index in [2.05, 4.69) is 0 Å².